The fourth-order valence-electron chi connectivity index (χ4n) is 1.55. The number of aliphatic hydroxyl groups excluding tert-OH is 1. The highest BCUT2D eigenvalue weighted by atomic mass is 35.5. The van der Waals surface area contributed by atoms with Crippen LogP contribution in [-0.2, 0) is 11.2 Å². The lowest BCUT2D eigenvalue weighted by Crippen LogP contribution is -2.43. The molecule has 0 aliphatic carbocycles. The van der Waals surface area contributed by atoms with Gasteiger partial charge in [0.1, 0.15) is 17.5 Å². The van der Waals surface area contributed by atoms with Gasteiger partial charge in [-0.2, -0.15) is 0 Å². The van der Waals surface area contributed by atoms with Crippen molar-refractivity contribution >= 4 is 18.3 Å². The van der Waals surface area contributed by atoms with E-state index in [1.165, 1.54) is 0 Å². The molecular weight excluding hydrogens is 284 g/mol. The van der Waals surface area contributed by atoms with E-state index < -0.39 is 6.04 Å². The number of nitrogens with two attached hydrogens (primary N) is 1. The van der Waals surface area contributed by atoms with Gasteiger partial charge in [-0.3, -0.25) is 4.79 Å². The first-order valence-corrected chi connectivity index (χ1v) is 5.96. The molecule has 114 valence electrons. The summed E-state index contributed by atoms with van der Waals surface area (Å²) >= 11 is 0. The molecule has 0 unspecified atom stereocenters. The van der Waals surface area contributed by atoms with E-state index in [4.69, 9.17) is 20.3 Å². The van der Waals surface area contributed by atoms with Crippen LogP contribution in [0.15, 0.2) is 18.2 Å². The molecule has 0 bridgehead atoms. The van der Waals surface area contributed by atoms with E-state index in [1.807, 2.05) is 12.1 Å². The number of benzene rings is 1. The van der Waals surface area contributed by atoms with Crippen molar-refractivity contribution in [3.63, 3.8) is 0 Å². The van der Waals surface area contributed by atoms with Gasteiger partial charge in [0, 0.05) is 12.6 Å². The quantitative estimate of drug-likeness (QED) is 0.664. The van der Waals surface area contributed by atoms with Crippen LogP contribution >= 0.6 is 12.4 Å². The van der Waals surface area contributed by atoms with E-state index in [0.717, 1.165) is 5.56 Å². The topological polar surface area (TPSA) is 93.8 Å². The van der Waals surface area contributed by atoms with Crippen LogP contribution < -0.4 is 20.5 Å². The SMILES string of the molecule is COc1cc(CCNC(=O)[C@@H](N)CO)cc(OC)c1.Cl. The van der Waals surface area contributed by atoms with Crippen molar-refractivity contribution in [1.82, 2.24) is 5.32 Å². The highest BCUT2D eigenvalue weighted by Gasteiger charge is 2.10. The Hall–Kier alpha value is -1.50. The van der Waals surface area contributed by atoms with E-state index in [9.17, 15) is 4.79 Å². The molecule has 1 atom stereocenters. The van der Waals surface area contributed by atoms with Crippen LogP contribution in [0.25, 0.3) is 0 Å². The van der Waals surface area contributed by atoms with E-state index >= 15 is 0 Å². The number of methoxy groups -OCH3 is 2. The average Bonchev–Trinajstić information content (AvgIpc) is 2.45. The zero-order valence-electron chi connectivity index (χ0n) is 11.6. The first-order chi connectivity index (χ1) is 9.10. The van der Waals surface area contributed by atoms with Crippen molar-refractivity contribution < 1.29 is 19.4 Å². The molecule has 0 saturated carbocycles. The van der Waals surface area contributed by atoms with Crippen molar-refractivity contribution in [3.8, 4) is 11.5 Å². The molecule has 7 heteroatoms. The Labute approximate surface area is 124 Å². The number of halogens is 1. The molecule has 1 aromatic rings. The van der Waals surface area contributed by atoms with Gasteiger partial charge in [-0.15, -0.1) is 12.4 Å². The first kappa shape index (κ1) is 18.5. The van der Waals surface area contributed by atoms with E-state index in [1.54, 1.807) is 20.3 Å². The van der Waals surface area contributed by atoms with Gasteiger partial charge in [0.2, 0.25) is 5.91 Å². The molecule has 0 heterocycles. The maximum atomic E-state index is 11.4. The predicted molar refractivity (Wildman–Crippen MR) is 78.6 cm³/mol. The Morgan fingerprint density at radius 2 is 1.85 bits per heavy atom. The lowest BCUT2D eigenvalue weighted by atomic mass is 10.1. The molecule has 0 spiro atoms. The third kappa shape index (κ3) is 5.64. The summed E-state index contributed by atoms with van der Waals surface area (Å²) in [5, 5.41) is 11.4. The van der Waals surface area contributed by atoms with Crippen molar-refractivity contribution in [2.24, 2.45) is 5.73 Å². The molecule has 0 fully saturated rings. The number of amides is 1. The highest BCUT2D eigenvalue weighted by molar-refractivity contribution is 5.85. The third-order valence-electron chi connectivity index (χ3n) is 2.66. The van der Waals surface area contributed by atoms with Crippen LogP contribution in [0.1, 0.15) is 5.56 Å². The summed E-state index contributed by atoms with van der Waals surface area (Å²) in [7, 11) is 3.17. The van der Waals surface area contributed by atoms with Crippen LogP contribution in [0.3, 0.4) is 0 Å². The second-order valence-corrected chi connectivity index (χ2v) is 4.05. The Bertz CT molecular complexity index is 407. The number of hydrogen-bond donors (Lipinski definition) is 3. The minimum atomic E-state index is -0.875. The van der Waals surface area contributed by atoms with Crippen molar-refractivity contribution in [2.75, 3.05) is 27.4 Å². The van der Waals surface area contributed by atoms with Crippen LogP contribution in [0, 0.1) is 0 Å². The molecule has 4 N–H and O–H groups in total. The summed E-state index contributed by atoms with van der Waals surface area (Å²) in [6.45, 7) is 0.0711. The number of hydrogen-bond acceptors (Lipinski definition) is 5. The number of carbonyl (C=O) groups is 1. The number of carbonyl (C=O) groups excluding carboxylic acids is 1. The molecule has 0 radical (unpaired) electrons. The Kier molecular flexibility index (Phi) is 8.71. The Morgan fingerprint density at radius 1 is 1.30 bits per heavy atom. The summed E-state index contributed by atoms with van der Waals surface area (Å²) < 4.78 is 10.3. The highest BCUT2D eigenvalue weighted by Crippen LogP contribution is 2.22. The molecule has 6 nitrogen and oxygen atoms in total. The minimum Gasteiger partial charge on any atom is -0.497 e. The molecule has 1 amide bonds. The summed E-state index contributed by atoms with van der Waals surface area (Å²) in [5.41, 5.74) is 6.37. The third-order valence-corrected chi connectivity index (χ3v) is 2.66. The molecule has 0 aliphatic heterocycles. The van der Waals surface area contributed by atoms with Crippen LogP contribution in [-0.4, -0.2) is 44.4 Å². The first-order valence-electron chi connectivity index (χ1n) is 5.96. The molecule has 1 rings (SSSR count). The van der Waals surface area contributed by atoms with Gasteiger partial charge in [0.05, 0.1) is 20.8 Å². The van der Waals surface area contributed by atoms with Gasteiger partial charge < -0.3 is 25.6 Å². The Morgan fingerprint density at radius 3 is 2.30 bits per heavy atom. The molecule has 0 saturated heterocycles. The zero-order chi connectivity index (χ0) is 14.3. The minimum absolute atomic E-state index is 0. The molecular formula is C13H21ClN2O4. The van der Waals surface area contributed by atoms with Gasteiger partial charge in [0.15, 0.2) is 0 Å². The predicted octanol–water partition coefficient (Wildman–Crippen LogP) is 0.104. The van der Waals surface area contributed by atoms with Gasteiger partial charge >= 0.3 is 0 Å². The second kappa shape index (κ2) is 9.41. The van der Waals surface area contributed by atoms with Crippen molar-refractivity contribution in [1.29, 1.82) is 0 Å². The average molecular weight is 305 g/mol. The maximum absolute atomic E-state index is 11.4. The molecule has 1 aromatic carbocycles. The molecule has 20 heavy (non-hydrogen) atoms. The fourth-order valence-corrected chi connectivity index (χ4v) is 1.55. The lowest BCUT2D eigenvalue weighted by Gasteiger charge is -2.11. The zero-order valence-corrected chi connectivity index (χ0v) is 12.4. The smallest absolute Gasteiger partial charge is 0.239 e. The van der Waals surface area contributed by atoms with Crippen molar-refractivity contribution in [3.05, 3.63) is 23.8 Å². The van der Waals surface area contributed by atoms with Gasteiger partial charge in [-0.25, -0.2) is 0 Å². The summed E-state index contributed by atoms with van der Waals surface area (Å²) in [6, 6.07) is 4.66. The Balaban J connectivity index is 0.00000361. The normalized spacial score (nSPS) is 11.2. The summed E-state index contributed by atoms with van der Waals surface area (Å²) in [5.74, 6) is 1.04. The summed E-state index contributed by atoms with van der Waals surface area (Å²) in [4.78, 5) is 11.4. The van der Waals surface area contributed by atoms with Gasteiger partial charge in [0.25, 0.3) is 0 Å². The maximum Gasteiger partial charge on any atom is 0.239 e. The monoisotopic (exact) mass is 304 g/mol. The molecule has 0 aromatic heterocycles. The van der Waals surface area contributed by atoms with Crippen LogP contribution in [0.4, 0.5) is 0 Å². The van der Waals surface area contributed by atoms with E-state index in [-0.39, 0.29) is 24.9 Å². The molecule has 0 aliphatic rings. The van der Waals surface area contributed by atoms with E-state index in [0.29, 0.717) is 24.5 Å². The fraction of sp³-hybridized carbons (Fsp3) is 0.462. The van der Waals surface area contributed by atoms with Crippen LogP contribution in [0.5, 0.6) is 11.5 Å². The number of ether oxygens (including phenoxy) is 2. The van der Waals surface area contributed by atoms with Gasteiger partial charge in [-0.05, 0) is 24.1 Å². The van der Waals surface area contributed by atoms with E-state index in [2.05, 4.69) is 5.32 Å². The number of aliphatic hydroxyl groups is 1. The van der Waals surface area contributed by atoms with Gasteiger partial charge in [-0.1, -0.05) is 0 Å². The summed E-state index contributed by atoms with van der Waals surface area (Å²) in [6.07, 6.45) is 0.622. The largest absolute Gasteiger partial charge is 0.497 e. The standard InChI is InChI=1S/C13H20N2O4.ClH/c1-18-10-5-9(6-11(7-10)19-2)3-4-15-13(17)12(14)8-16;/h5-7,12,16H,3-4,8,14H2,1-2H3,(H,15,17);1H/t12-;/m0./s1. The van der Waals surface area contributed by atoms with Crippen molar-refractivity contribution in [2.45, 2.75) is 12.5 Å². The van der Waals surface area contributed by atoms with Crippen LogP contribution in [0.2, 0.25) is 0 Å². The second-order valence-electron chi connectivity index (χ2n) is 4.05. The number of rotatable bonds is 7. The lowest BCUT2D eigenvalue weighted by molar-refractivity contribution is -0.123. The number of nitrogens with one attached hydrogen (secondary N) is 1.